The summed E-state index contributed by atoms with van der Waals surface area (Å²) in [5, 5.41) is 12.7. The van der Waals surface area contributed by atoms with E-state index in [1.807, 2.05) is 0 Å². The molecule has 0 aromatic heterocycles. The molecule has 2 unspecified atom stereocenters. The summed E-state index contributed by atoms with van der Waals surface area (Å²) in [6.45, 7) is 2.20. The number of amides is 1. The summed E-state index contributed by atoms with van der Waals surface area (Å²) in [5.41, 5.74) is 0.511. The average molecular weight is 326 g/mol. The minimum atomic E-state index is -0.0958. The van der Waals surface area contributed by atoms with E-state index in [2.05, 4.69) is 28.2 Å². The van der Waals surface area contributed by atoms with Gasteiger partial charge >= 0.3 is 0 Å². The van der Waals surface area contributed by atoms with Gasteiger partial charge in [0.25, 0.3) is 5.91 Å². The van der Waals surface area contributed by atoms with Crippen molar-refractivity contribution < 1.29 is 9.90 Å². The van der Waals surface area contributed by atoms with Gasteiger partial charge < -0.3 is 10.4 Å². The smallest absolute Gasteiger partial charge is 0.251 e. The van der Waals surface area contributed by atoms with E-state index in [1.165, 1.54) is 31.7 Å². The highest BCUT2D eigenvalue weighted by atomic mass is 79.9. The zero-order valence-corrected chi connectivity index (χ0v) is 12.7. The lowest BCUT2D eigenvalue weighted by molar-refractivity contribution is 0.0921. The van der Waals surface area contributed by atoms with E-state index in [1.54, 1.807) is 12.1 Å². The average Bonchev–Trinajstić information content (AvgIpc) is 2.58. The number of carbonyl (C=O) groups is 1. The molecule has 1 aliphatic rings. The molecule has 0 spiro atoms. The van der Waals surface area contributed by atoms with Crippen LogP contribution in [0.2, 0.25) is 0 Å². The Kier molecular flexibility index (Phi) is 4.86. The minimum Gasteiger partial charge on any atom is -0.507 e. The van der Waals surface area contributed by atoms with Crippen molar-refractivity contribution in [3.8, 4) is 5.75 Å². The zero-order chi connectivity index (χ0) is 13.8. The quantitative estimate of drug-likeness (QED) is 0.811. The summed E-state index contributed by atoms with van der Waals surface area (Å²) in [6, 6.07) is 5.17. The van der Waals surface area contributed by atoms with Crippen LogP contribution in [0, 0.1) is 5.92 Å². The van der Waals surface area contributed by atoms with Crippen LogP contribution in [-0.4, -0.2) is 17.1 Å². The van der Waals surface area contributed by atoms with Crippen LogP contribution < -0.4 is 5.32 Å². The van der Waals surface area contributed by atoms with Gasteiger partial charge in [0.05, 0.1) is 4.47 Å². The van der Waals surface area contributed by atoms with Crippen LogP contribution in [-0.2, 0) is 0 Å². The predicted octanol–water partition coefficient (Wildman–Crippen LogP) is 3.85. The fourth-order valence-electron chi connectivity index (χ4n) is 2.61. The van der Waals surface area contributed by atoms with Crippen molar-refractivity contribution in [3.63, 3.8) is 0 Å². The third-order valence-electron chi connectivity index (χ3n) is 3.89. The maximum absolute atomic E-state index is 12.2. The number of carbonyl (C=O) groups excluding carboxylic acids is 1. The Labute approximate surface area is 122 Å². The Morgan fingerprint density at radius 3 is 2.79 bits per heavy atom. The first-order chi connectivity index (χ1) is 9.08. The summed E-state index contributed by atoms with van der Waals surface area (Å²) >= 11 is 3.22. The standard InChI is InChI=1S/C15H20BrNO2/c1-10-5-3-2-4-6-13(10)17-15(19)11-7-8-12(16)14(18)9-11/h7-10,13,18H,2-6H2,1H3,(H,17,19). The lowest BCUT2D eigenvalue weighted by Gasteiger charge is -2.22. The van der Waals surface area contributed by atoms with Crippen LogP contribution in [0.5, 0.6) is 5.75 Å². The van der Waals surface area contributed by atoms with Crippen LogP contribution in [0.15, 0.2) is 22.7 Å². The lowest BCUT2D eigenvalue weighted by atomic mass is 9.96. The first kappa shape index (κ1) is 14.4. The molecule has 0 bridgehead atoms. The number of benzene rings is 1. The van der Waals surface area contributed by atoms with Gasteiger partial charge in [0.2, 0.25) is 0 Å². The second-order valence-electron chi connectivity index (χ2n) is 5.36. The molecular weight excluding hydrogens is 306 g/mol. The van der Waals surface area contributed by atoms with Crippen LogP contribution in [0.4, 0.5) is 0 Å². The molecule has 1 aromatic rings. The molecule has 1 saturated carbocycles. The molecule has 1 aromatic carbocycles. The van der Waals surface area contributed by atoms with Crippen molar-refractivity contribution in [2.45, 2.75) is 45.1 Å². The zero-order valence-electron chi connectivity index (χ0n) is 11.2. The van der Waals surface area contributed by atoms with E-state index in [0.717, 1.165) is 6.42 Å². The van der Waals surface area contributed by atoms with Gasteiger partial charge in [0.1, 0.15) is 5.75 Å². The highest BCUT2D eigenvalue weighted by Gasteiger charge is 2.22. The van der Waals surface area contributed by atoms with Crippen LogP contribution in [0.1, 0.15) is 49.4 Å². The van der Waals surface area contributed by atoms with Gasteiger partial charge in [-0.3, -0.25) is 4.79 Å². The number of phenols is 1. The van der Waals surface area contributed by atoms with Crippen molar-refractivity contribution in [1.29, 1.82) is 0 Å². The molecule has 1 fully saturated rings. The fraction of sp³-hybridized carbons (Fsp3) is 0.533. The van der Waals surface area contributed by atoms with Gasteiger partial charge in [-0.1, -0.05) is 26.2 Å². The molecule has 3 nitrogen and oxygen atoms in total. The predicted molar refractivity (Wildman–Crippen MR) is 79.3 cm³/mol. The number of halogens is 1. The van der Waals surface area contributed by atoms with Crippen LogP contribution in [0.3, 0.4) is 0 Å². The highest BCUT2D eigenvalue weighted by molar-refractivity contribution is 9.10. The molecule has 1 aliphatic carbocycles. The molecular formula is C15H20BrNO2. The van der Waals surface area contributed by atoms with Gasteiger partial charge in [-0.15, -0.1) is 0 Å². The molecule has 4 heteroatoms. The summed E-state index contributed by atoms with van der Waals surface area (Å²) in [5.74, 6) is 0.526. The number of rotatable bonds is 2. The van der Waals surface area contributed by atoms with E-state index >= 15 is 0 Å². The molecule has 2 atom stereocenters. The Morgan fingerprint density at radius 2 is 2.05 bits per heavy atom. The van der Waals surface area contributed by atoms with Gasteiger partial charge in [-0.2, -0.15) is 0 Å². The molecule has 1 amide bonds. The topological polar surface area (TPSA) is 49.3 Å². The third kappa shape index (κ3) is 3.72. The van der Waals surface area contributed by atoms with E-state index in [4.69, 9.17) is 0 Å². The number of hydrogen-bond acceptors (Lipinski definition) is 2. The van der Waals surface area contributed by atoms with Crippen molar-refractivity contribution in [3.05, 3.63) is 28.2 Å². The monoisotopic (exact) mass is 325 g/mol. The fourth-order valence-corrected chi connectivity index (χ4v) is 2.86. The Hall–Kier alpha value is -1.03. The first-order valence-corrected chi connectivity index (χ1v) is 7.66. The van der Waals surface area contributed by atoms with E-state index in [9.17, 15) is 9.90 Å². The summed E-state index contributed by atoms with van der Waals surface area (Å²) in [7, 11) is 0. The van der Waals surface area contributed by atoms with Crippen molar-refractivity contribution in [2.75, 3.05) is 0 Å². The Morgan fingerprint density at radius 1 is 1.32 bits per heavy atom. The van der Waals surface area contributed by atoms with Gasteiger partial charge in [-0.25, -0.2) is 0 Å². The largest absolute Gasteiger partial charge is 0.507 e. The van der Waals surface area contributed by atoms with Crippen molar-refractivity contribution in [2.24, 2.45) is 5.92 Å². The number of hydrogen-bond donors (Lipinski definition) is 2. The summed E-state index contributed by atoms with van der Waals surface area (Å²) in [6.07, 6.45) is 5.93. The first-order valence-electron chi connectivity index (χ1n) is 6.87. The van der Waals surface area contributed by atoms with E-state index in [0.29, 0.717) is 16.0 Å². The van der Waals surface area contributed by atoms with Crippen molar-refractivity contribution >= 4 is 21.8 Å². The molecule has 19 heavy (non-hydrogen) atoms. The van der Waals surface area contributed by atoms with E-state index in [-0.39, 0.29) is 17.7 Å². The molecule has 2 rings (SSSR count). The molecule has 0 radical (unpaired) electrons. The normalized spacial score (nSPS) is 23.7. The third-order valence-corrected chi connectivity index (χ3v) is 4.56. The highest BCUT2D eigenvalue weighted by Crippen LogP contribution is 2.26. The molecule has 0 saturated heterocycles. The number of aromatic hydroxyl groups is 1. The van der Waals surface area contributed by atoms with Crippen LogP contribution in [0.25, 0.3) is 0 Å². The van der Waals surface area contributed by atoms with Gasteiger partial charge in [-0.05, 0) is 52.9 Å². The second-order valence-corrected chi connectivity index (χ2v) is 6.22. The molecule has 104 valence electrons. The summed E-state index contributed by atoms with van der Waals surface area (Å²) in [4.78, 5) is 12.2. The Balaban J connectivity index is 2.05. The number of nitrogens with one attached hydrogen (secondary N) is 1. The molecule has 0 aliphatic heterocycles. The minimum absolute atomic E-state index is 0.0958. The molecule has 2 N–H and O–H groups in total. The number of phenolic OH excluding ortho intramolecular Hbond substituents is 1. The SMILES string of the molecule is CC1CCCCCC1NC(=O)c1ccc(Br)c(O)c1. The molecule has 0 heterocycles. The van der Waals surface area contributed by atoms with Crippen molar-refractivity contribution in [1.82, 2.24) is 5.32 Å². The summed E-state index contributed by atoms with van der Waals surface area (Å²) < 4.78 is 0.604. The lowest BCUT2D eigenvalue weighted by Crippen LogP contribution is -2.38. The van der Waals surface area contributed by atoms with Crippen LogP contribution >= 0.6 is 15.9 Å². The maximum Gasteiger partial charge on any atom is 0.251 e. The van der Waals surface area contributed by atoms with Gasteiger partial charge in [0, 0.05) is 11.6 Å². The Bertz CT molecular complexity index is 461. The van der Waals surface area contributed by atoms with Gasteiger partial charge in [0.15, 0.2) is 0 Å². The van der Waals surface area contributed by atoms with E-state index < -0.39 is 0 Å². The second kappa shape index (κ2) is 6.42. The maximum atomic E-state index is 12.2.